The minimum atomic E-state index is -0.562. The number of hydrogen-bond donors (Lipinski definition) is 4. The number of benzene rings is 3. The van der Waals surface area contributed by atoms with Crippen molar-refractivity contribution in [2.45, 2.75) is 52.5 Å². The Kier molecular flexibility index (Phi) is 7.97. The molecule has 0 aliphatic heterocycles. The van der Waals surface area contributed by atoms with Gasteiger partial charge in [-0.25, -0.2) is 4.79 Å². The number of carbonyl (C=O) groups is 2. The lowest BCUT2D eigenvalue weighted by Crippen LogP contribution is -2.40. The van der Waals surface area contributed by atoms with Crippen LogP contribution in [0.5, 0.6) is 0 Å². The van der Waals surface area contributed by atoms with E-state index in [1.165, 1.54) is 0 Å². The summed E-state index contributed by atoms with van der Waals surface area (Å²) < 4.78 is 0. The molecule has 37 heavy (non-hydrogen) atoms. The standard InChI is InChI=1S/C31H36N4O2/c1-19(2)23-15-11-16-24(20(3)4)29(23)35-31(37)34-28(26-18-32-27-17-10-9-14-25(26)27)21(5)30(36)33-22-12-7-6-8-13-22/h6-21,28,32H,1-5H3,(H,33,36)(H2,34,35,37). The summed E-state index contributed by atoms with van der Waals surface area (Å²) in [4.78, 5) is 30.1. The molecule has 0 saturated heterocycles. The van der Waals surface area contributed by atoms with E-state index in [9.17, 15) is 9.59 Å². The molecule has 0 saturated carbocycles. The molecule has 3 aromatic carbocycles. The lowest BCUT2D eigenvalue weighted by Gasteiger charge is -2.26. The molecule has 4 aromatic rings. The van der Waals surface area contributed by atoms with E-state index >= 15 is 0 Å². The smallest absolute Gasteiger partial charge is 0.319 e. The van der Waals surface area contributed by atoms with Gasteiger partial charge in [-0.3, -0.25) is 4.79 Å². The molecule has 2 atom stereocenters. The number of aromatic nitrogens is 1. The van der Waals surface area contributed by atoms with Crippen LogP contribution >= 0.6 is 0 Å². The predicted octanol–water partition coefficient (Wildman–Crippen LogP) is 7.55. The fourth-order valence-electron chi connectivity index (χ4n) is 4.74. The number of fused-ring (bicyclic) bond motifs is 1. The van der Waals surface area contributed by atoms with Gasteiger partial charge in [-0.05, 0) is 41.2 Å². The van der Waals surface area contributed by atoms with Crippen LogP contribution in [-0.2, 0) is 4.79 Å². The monoisotopic (exact) mass is 496 g/mol. The number of anilines is 2. The fourth-order valence-corrected chi connectivity index (χ4v) is 4.74. The Morgan fingerprint density at radius 1 is 0.703 bits per heavy atom. The Hall–Kier alpha value is -4.06. The third-order valence-corrected chi connectivity index (χ3v) is 6.81. The van der Waals surface area contributed by atoms with Crippen LogP contribution < -0.4 is 16.0 Å². The zero-order chi connectivity index (χ0) is 26.5. The van der Waals surface area contributed by atoms with Gasteiger partial charge in [-0.2, -0.15) is 0 Å². The first-order valence-corrected chi connectivity index (χ1v) is 12.9. The molecule has 0 spiro atoms. The second-order valence-electron chi connectivity index (χ2n) is 10.1. The Labute approximate surface area is 218 Å². The fraction of sp³-hybridized carbons (Fsp3) is 0.290. The maximum atomic E-state index is 13.5. The molecule has 3 amide bonds. The quantitative estimate of drug-likeness (QED) is 0.203. The van der Waals surface area contributed by atoms with Crippen molar-refractivity contribution < 1.29 is 9.59 Å². The summed E-state index contributed by atoms with van der Waals surface area (Å²) in [6.07, 6.45) is 1.88. The second-order valence-corrected chi connectivity index (χ2v) is 10.1. The van der Waals surface area contributed by atoms with Crippen molar-refractivity contribution >= 4 is 34.2 Å². The zero-order valence-electron chi connectivity index (χ0n) is 22.1. The normalized spacial score (nSPS) is 12.9. The van der Waals surface area contributed by atoms with Crippen LogP contribution in [0.3, 0.4) is 0 Å². The van der Waals surface area contributed by atoms with Gasteiger partial charge in [0, 0.05) is 34.0 Å². The minimum Gasteiger partial charge on any atom is -0.361 e. The van der Waals surface area contributed by atoms with E-state index in [2.05, 4.69) is 60.8 Å². The van der Waals surface area contributed by atoms with Crippen LogP contribution in [0.2, 0.25) is 0 Å². The molecule has 6 heteroatoms. The lowest BCUT2D eigenvalue weighted by molar-refractivity contribution is -0.120. The van der Waals surface area contributed by atoms with Gasteiger partial charge in [0.1, 0.15) is 0 Å². The summed E-state index contributed by atoms with van der Waals surface area (Å²) in [6.45, 7) is 10.3. The first-order valence-electron chi connectivity index (χ1n) is 12.9. The van der Waals surface area contributed by atoms with Crippen molar-refractivity contribution in [1.82, 2.24) is 10.3 Å². The maximum Gasteiger partial charge on any atom is 0.319 e. The summed E-state index contributed by atoms with van der Waals surface area (Å²) in [5.74, 6) is -0.231. The third-order valence-electron chi connectivity index (χ3n) is 6.81. The molecular formula is C31H36N4O2. The van der Waals surface area contributed by atoms with Crippen LogP contribution in [0.4, 0.5) is 16.2 Å². The molecule has 0 bridgehead atoms. The van der Waals surface area contributed by atoms with E-state index < -0.39 is 12.0 Å². The van der Waals surface area contributed by atoms with Crippen molar-refractivity contribution in [3.63, 3.8) is 0 Å². The first kappa shape index (κ1) is 26.0. The van der Waals surface area contributed by atoms with Crippen LogP contribution in [0.15, 0.2) is 79.0 Å². The number of amides is 3. The van der Waals surface area contributed by atoms with Gasteiger partial charge in [0.2, 0.25) is 5.91 Å². The molecule has 1 heterocycles. The molecular weight excluding hydrogens is 460 g/mol. The molecule has 0 fully saturated rings. The number of carbonyl (C=O) groups excluding carboxylic acids is 2. The lowest BCUT2D eigenvalue weighted by atomic mass is 9.92. The predicted molar refractivity (Wildman–Crippen MR) is 152 cm³/mol. The van der Waals surface area contributed by atoms with Crippen LogP contribution in [-0.4, -0.2) is 16.9 Å². The molecule has 4 rings (SSSR count). The van der Waals surface area contributed by atoms with Gasteiger partial charge >= 0.3 is 6.03 Å². The average molecular weight is 497 g/mol. The van der Waals surface area contributed by atoms with E-state index in [1.807, 2.05) is 73.8 Å². The summed E-state index contributed by atoms with van der Waals surface area (Å²) in [7, 11) is 0. The van der Waals surface area contributed by atoms with Gasteiger partial charge < -0.3 is 20.9 Å². The largest absolute Gasteiger partial charge is 0.361 e. The SMILES string of the molecule is CC(C)c1cccc(C(C)C)c1NC(=O)NC(c1c[nH]c2ccccc12)C(C)C(=O)Nc1ccccc1. The molecule has 4 N–H and O–H groups in total. The molecule has 0 radical (unpaired) electrons. The number of hydrogen-bond acceptors (Lipinski definition) is 2. The number of para-hydroxylation sites is 3. The molecule has 0 aliphatic carbocycles. The highest BCUT2D eigenvalue weighted by Gasteiger charge is 2.30. The van der Waals surface area contributed by atoms with Crippen molar-refractivity contribution in [3.05, 3.63) is 95.7 Å². The molecule has 0 aliphatic rings. The second kappa shape index (κ2) is 11.3. The highest BCUT2D eigenvalue weighted by molar-refractivity contribution is 5.96. The number of rotatable bonds is 8. The number of urea groups is 1. The van der Waals surface area contributed by atoms with E-state index in [1.54, 1.807) is 0 Å². The van der Waals surface area contributed by atoms with Gasteiger partial charge in [0.05, 0.1) is 12.0 Å². The first-order chi connectivity index (χ1) is 17.8. The van der Waals surface area contributed by atoms with Crippen LogP contribution in [0.1, 0.15) is 69.2 Å². The highest BCUT2D eigenvalue weighted by Crippen LogP contribution is 2.34. The molecule has 1 aromatic heterocycles. The van der Waals surface area contributed by atoms with E-state index in [4.69, 9.17) is 0 Å². The topological polar surface area (TPSA) is 86.0 Å². The molecule has 2 unspecified atom stereocenters. The summed E-state index contributed by atoms with van der Waals surface area (Å²) in [6, 6.07) is 22.5. The number of aromatic amines is 1. The van der Waals surface area contributed by atoms with Crippen molar-refractivity contribution in [3.8, 4) is 0 Å². The van der Waals surface area contributed by atoms with Crippen LogP contribution in [0, 0.1) is 5.92 Å². The minimum absolute atomic E-state index is 0.174. The Morgan fingerprint density at radius 2 is 1.32 bits per heavy atom. The van der Waals surface area contributed by atoms with Gasteiger partial charge in [-0.15, -0.1) is 0 Å². The third kappa shape index (κ3) is 5.85. The number of H-pyrrole nitrogens is 1. The average Bonchev–Trinajstić information content (AvgIpc) is 3.31. The maximum absolute atomic E-state index is 13.5. The van der Waals surface area contributed by atoms with Gasteiger partial charge in [0.15, 0.2) is 0 Å². The van der Waals surface area contributed by atoms with Crippen molar-refractivity contribution in [1.29, 1.82) is 0 Å². The van der Waals surface area contributed by atoms with Crippen LogP contribution in [0.25, 0.3) is 10.9 Å². The van der Waals surface area contributed by atoms with E-state index in [-0.39, 0.29) is 23.8 Å². The van der Waals surface area contributed by atoms with Crippen molar-refractivity contribution in [2.75, 3.05) is 10.6 Å². The molecule has 6 nitrogen and oxygen atoms in total. The highest BCUT2D eigenvalue weighted by atomic mass is 16.2. The van der Waals surface area contributed by atoms with E-state index in [0.717, 1.165) is 33.3 Å². The summed E-state index contributed by atoms with van der Waals surface area (Å²) in [5.41, 5.74) is 5.54. The van der Waals surface area contributed by atoms with Crippen molar-refractivity contribution in [2.24, 2.45) is 5.92 Å². The number of nitrogens with one attached hydrogen (secondary N) is 4. The summed E-state index contributed by atoms with van der Waals surface area (Å²) >= 11 is 0. The van der Waals surface area contributed by atoms with Gasteiger partial charge in [0.25, 0.3) is 0 Å². The van der Waals surface area contributed by atoms with E-state index in [0.29, 0.717) is 5.69 Å². The Balaban J connectivity index is 1.66. The Morgan fingerprint density at radius 3 is 1.97 bits per heavy atom. The Bertz CT molecular complexity index is 1350. The summed E-state index contributed by atoms with van der Waals surface area (Å²) in [5, 5.41) is 10.2. The van der Waals surface area contributed by atoms with Gasteiger partial charge in [-0.1, -0.05) is 89.2 Å². The zero-order valence-corrected chi connectivity index (χ0v) is 22.1. The molecule has 192 valence electrons.